The van der Waals surface area contributed by atoms with Crippen LogP contribution in [0.5, 0.6) is 11.5 Å². The van der Waals surface area contributed by atoms with Gasteiger partial charge in [0.2, 0.25) is 0 Å². The highest BCUT2D eigenvalue weighted by Gasteiger charge is 2.16. The number of nitrogens with one attached hydrogen (secondary N) is 1. The van der Waals surface area contributed by atoms with Crippen molar-refractivity contribution in [3.63, 3.8) is 0 Å². The molecule has 1 saturated heterocycles. The molecule has 0 spiro atoms. The molecule has 0 radical (unpaired) electrons. The summed E-state index contributed by atoms with van der Waals surface area (Å²) < 4.78 is 5.86. The Morgan fingerprint density at radius 2 is 1.61 bits per heavy atom. The lowest BCUT2D eigenvalue weighted by atomic mass is 10.1. The number of nitrogens with zero attached hydrogens (tertiary/aromatic N) is 2. The molecule has 33 heavy (non-hydrogen) atoms. The molecule has 4 rings (SSSR count). The lowest BCUT2D eigenvalue weighted by molar-refractivity contribution is 0.0792. The Balaban J connectivity index is 0.00000306. The van der Waals surface area contributed by atoms with Crippen LogP contribution in [0.4, 0.5) is 5.69 Å². The van der Waals surface area contributed by atoms with Gasteiger partial charge in [0, 0.05) is 31.4 Å². The van der Waals surface area contributed by atoms with Gasteiger partial charge in [0.05, 0.1) is 12.6 Å². The first kappa shape index (κ1) is 25.0. The van der Waals surface area contributed by atoms with E-state index in [9.17, 15) is 5.11 Å². The van der Waals surface area contributed by atoms with Gasteiger partial charge in [0.1, 0.15) is 11.5 Å². The SMILES string of the molecule is I.NC(=NCc1ccc(CN2CCC(O)CC2)cc1)Nc1cccc(Oc2ccccc2)c1. The van der Waals surface area contributed by atoms with Crippen molar-refractivity contribution < 1.29 is 9.84 Å². The summed E-state index contributed by atoms with van der Waals surface area (Å²) in [5, 5.41) is 12.8. The van der Waals surface area contributed by atoms with E-state index in [1.54, 1.807) is 0 Å². The lowest BCUT2D eigenvalue weighted by Crippen LogP contribution is -2.35. The van der Waals surface area contributed by atoms with Gasteiger partial charge in [0.15, 0.2) is 5.96 Å². The number of aliphatic hydroxyl groups excluding tert-OH is 1. The maximum Gasteiger partial charge on any atom is 0.193 e. The van der Waals surface area contributed by atoms with E-state index >= 15 is 0 Å². The molecule has 3 aromatic carbocycles. The Kier molecular flexibility index (Phi) is 9.53. The van der Waals surface area contributed by atoms with E-state index in [0.717, 1.165) is 55.2 Å². The summed E-state index contributed by atoms with van der Waals surface area (Å²) in [7, 11) is 0. The van der Waals surface area contributed by atoms with Gasteiger partial charge in [-0.2, -0.15) is 0 Å². The second-order valence-electron chi connectivity index (χ2n) is 8.09. The number of nitrogens with two attached hydrogens (primary N) is 1. The summed E-state index contributed by atoms with van der Waals surface area (Å²) in [5.41, 5.74) is 9.29. The van der Waals surface area contributed by atoms with Crippen LogP contribution >= 0.6 is 24.0 Å². The minimum Gasteiger partial charge on any atom is -0.457 e. The summed E-state index contributed by atoms with van der Waals surface area (Å²) in [6.07, 6.45) is 1.59. The minimum atomic E-state index is -0.135. The zero-order chi connectivity index (χ0) is 22.2. The number of benzene rings is 3. The Hall–Kier alpha value is -2.62. The van der Waals surface area contributed by atoms with Crippen LogP contribution in [0.15, 0.2) is 83.9 Å². The van der Waals surface area contributed by atoms with Gasteiger partial charge < -0.3 is 20.9 Å². The number of guanidine groups is 1. The summed E-state index contributed by atoms with van der Waals surface area (Å²) >= 11 is 0. The van der Waals surface area contributed by atoms with Crippen molar-refractivity contribution in [3.05, 3.63) is 90.0 Å². The van der Waals surface area contributed by atoms with Gasteiger partial charge in [-0.25, -0.2) is 4.99 Å². The van der Waals surface area contributed by atoms with Crippen molar-refractivity contribution in [1.29, 1.82) is 0 Å². The number of piperidine rings is 1. The van der Waals surface area contributed by atoms with Crippen molar-refractivity contribution in [3.8, 4) is 11.5 Å². The number of anilines is 1. The second kappa shape index (κ2) is 12.6. The number of rotatable bonds is 7. The quantitative estimate of drug-likeness (QED) is 0.217. The smallest absolute Gasteiger partial charge is 0.193 e. The number of aliphatic imine (C=N–C) groups is 1. The maximum absolute atomic E-state index is 9.64. The van der Waals surface area contributed by atoms with Crippen molar-refractivity contribution in [2.24, 2.45) is 10.7 Å². The summed E-state index contributed by atoms with van der Waals surface area (Å²) in [6, 6.07) is 25.8. The van der Waals surface area contributed by atoms with E-state index in [4.69, 9.17) is 10.5 Å². The van der Waals surface area contributed by atoms with E-state index < -0.39 is 0 Å². The molecule has 0 bridgehead atoms. The van der Waals surface area contributed by atoms with E-state index in [0.29, 0.717) is 12.5 Å². The molecule has 4 N–H and O–H groups in total. The first-order valence-electron chi connectivity index (χ1n) is 11.0. The fourth-order valence-corrected chi connectivity index (χ4v) is 3.71. The van der Waals surface area contributed by atoms with Crippen LogP contribution in [-0.4, -0.2) is 35.2 Å². The number of ether oxygens (including phenoxy) is 1. The fraction of sp³-hybridized carbons (Fsp3) is 0.269. The van der Waals surface area contributed by atoms with Crippen LogP contribution in [0.1, 0.15) is 24.0 Å². The predicted octanol–water partition coefficient (Wildman–Crippen LogP) is 4.98. The van der Waals surface area contributed by atoms with E-state index in [2.05, 4.69) is 39.5 Å². The highest BCUT2D eigenvalue weighted by Crippen LogP contribution is 2.23. The number of hydrogen-bond acceptors (Lipinski definition) is 4. The van der Waals surface area contributed by atoms with E-state index in [1.165, 1.54) is 5.56 Å². The molecule has 1 aliphatic heterocycles. The van der Waals surface area contributed by atoms with Crippen LogP contribution in [0.25, 0.3) is 0 Å². The van der Waals surface area contributed by atoms with Gasteiger partial charge in [-0.1, -0.05) is 48.5 Å². The van der Waals surface area contributed by atoms with Crippen LogP contribution < -0.4 is 15.8 Å². The largest absolute Gasteiger partial charge is 0.457 e. The van der Waals surface area contributed by atoms with E-state index in [1.807, 2.05) is 54.6 Å². The zero-order valence-electron chi connectivity index (χ0n) is 18.6. The number of likely N-dealkylation sites (tertiary alicyclic amines) is 1. The molecule has 0 saturated carbocycles. The molecule has 7 heteroatoms. The van der Waals surface area contributed by atoms with Gasteiger partial charge in [-0.3, -0.25) is 4.90 Å². The van der Waals surface area contributed by atoms with Crippen LogP contribution in [-0.2, 0) is 13.1 Å². The molecule has 174 valence electrons. The molecule has 0 aromatic heterocycles. The first-order chi connectivity index (χ1) is 15.6. The van der Waals surface area contributed by atoms with Gasteiger partial charge in [0.25, 0.3) is 0 Å². The third-order valence-corrected chi connectivity index (χ3v) is 5.50. The summed E-state index contributed by atoms with van der Waals surface area (Å²) in [5.74, 6) is 1.87. The van der Waals surface area contributed by atoms with Crippen LogP contribution in [0, 0.1) is 0 Å². The average molecular weight is 558 g/mol. The normalized spacial score (nSPS) is 15.0. The highest BCUT2D eigenvalue weighted by molar-refractivity contribution is 14.0. The Bertz CT molecular complexity index is 1020. The van der Waals surface area contributed by atoms with Crippen molar-refractivity contribution in [2.75, 3.05) is 18.4 Å². The number of para-hydroxylation sites is 1. The zero-order valence-corrected chi connectivity index (χ0v) is 20.9. The molecule has 1 heterocycles. The summed E-state index contributed by atoms with van der Waals surface area (Å²) in [6.45, 7) is 3.33. The molecule has 6 nitrogen and oxygen atoms in total. The predicted molar refractivity (Wildman–Crippen MR) is 144 cm³/mol. The Morgan fingerprint density at radius 1 is 0.939 bits per heavy atom. The molecule has 3 aromatic rings. The van der Waals surface area contributed by atoms with Crippen molar-refractivity contribution in [2.45, 2.75) is 32.0 Å². The van der Waals surface area contributed by atoms with Gasteiger partial charge >= 0.3 is 0 Å². The number of aliphatic hydroxyl groups is 1. The number of hydrogen-bond donors (Lipinski definition) is 3. The van der Waals surface area contributed by atoms with Crippen LogP contribution in [0.3, 0.4) is 0 Å². The van der Waals surface area contributed by atoms with Crippen molar-refractivity contribution in [1.82, 2.24) is 4.90 Å². The molecule has 0 amide bonds. The average Bonchev–Trinajstić information content (AvgIpc) is 2.81. The topological polar surface area (TPSA) is 83.1 Å². The molecular formula is C26H31IN4O2. The van der Waals surface area contributed by atoms with Crippen LogP contribution in [0.2, 0.25) is 0 Å². The lowest BCUT2D eigenvalue weighted by Gasteiger charge is -2.29. The third-order valence-electron chi connectivity index (χ3n) is 5.50. The second-order valence-corrected chi connectivity index (χ2v) is 8.09. The first-order valence-corrected chi connectivity index (χ1v) is 11.0. The monoisotopic (exact) mass is 558 g/mol. The highest BCUT2D eigenvalue weighted by atomic mass is 127. The standard InChI is InChI=1S/C26H30N4O2.HI/c27-26(29-22-5-4-8-25(17-22)32-24-6-2-1-3-7-24)28-18-20-9-11-21(12-10-20)19-30-15-13-23(31)14-16-30;/h1-12,17,23,31H,13-16,18-19H2,(H3,27,28,29);1H. The Morgan fingerprint density at radius 3 is 2.33 bits per heavy atom. The van der Waals surface area contributed by atoms with Crippen molar-refractivity contribution >= 4 is 35.6 Å². The molecule has 1 aliphatic rings. The summed E-state index contributed by atoms with van der Waals surface area (Å²) in [4.78, 5) is 6.85. The molecule has 0 unspecified atom stereocenters. The molecule has 0 atom stereocenters. The molecule has 0 aliphatic carbocycles. The van der Waals surface area contributed by atoms with Gasteiger partial charge in [-0.05, 0) is 48.2 Å². The molecule has 1 fully saturated rings. The van der Waals surface area contributed by atoms with Gasteiger partial charge in [-0.15, -0.1) is 24.0 Å². The fourth-order valence-electron chi connectivity index (χ4n) is 3.71. The minimum absolute atomic E-state index is 0. The maximum atomic E-state index is 9.64. The number of halogens is 1. The Labute approximate surface area is 212 Å². The van der Waals surface area contributed by atoms with E-state index in [-0.39, 0.29) is 30.1 Å². The molecular weight excluding hydrogens is 527 g/mol. The third kappa shape index (κ3) is 8.03.